The van der Waals surface area contributed by atoms with Gasteiger partial charge in [0, 0.05) is 12.2 Å². The monoisotopic (exact) mass is 481 g/mol. The first-order valence-electron chi connectivity index (χ1n) is 10.3. The number of rotatable bonds is 5. The highest BCUT2D eigenvalue weighted by Crippen LogP contribution is 2.40. The maximum atomic E-state index is 12.3. The summed E-state index contributed by atoms with van der Waals surface area (Å²) in [6.07, 6.45) is 1.27. The van der Waals surface area contributed by atoms with E-state index in [0.29, 0.717) is 36.1 Å². The first-order valence-corrected chi connectivity index (χ1v) is 11.0. The minimum absolute atomic E-state index is 0.0404. The summed E-state index contributed by atoms with van der Waals surface area (Å²) in [6.45, 7) is 8.25. The highest BCUT2D eigenvalue weighted by molar-refractivity contribution is 6.31. The summed E-state index contributed by atoms with van der Waals surface area (Å²) in [5.41, 5.74) is 1.63. The number of aryl methyl sites for hydroxylation is 1. The maximum Gasteiger partial charge on any atom is 0.407 e. The fourth-order valence-electron chi connectivity index (χ4n) is 3.79. The number of carbonyl (C=O) groups excluding carboxylic acids is 1. The maximum absolute atomic E-state index is 12.3. The smallest absolute Gasteiger partial charge is 0.407 e. The molecule has 0 spiro atoms. The number of hydrogen-bond donors (Lipinski definition) is 2. The second-order valence-electron chi connectivity index (χ2n) is 8.59. The molecule has 0 saturated carbocycles. The van der Waals surface area contributed by atoms with Crippen molar-refractivity contribution in [1.82, 2.24) is 19.9 Å². The topological polar surface area (TPSA) is 103 Å². The lowest BCUT2D eigenvalue weighted by molar-refractivity contribution is 0.0446. The zero-order valence-electron chi connectivity index (χ0n) is 18.2. The molecule has 32 heavy (non-hydrogen) atoms. The Bertz CT molecular complexity index is 1120. The number of nitrogens with zero attached hydrogens (tertiary/aromatic N) is 3. The lowest BCUT2D eigenvalue weighted by atomic mass is 10.0. The number of halogens is 2. The van der Waals surface area contributed by atoms with Crippen LogP contribution in [0.15, 0.2) is 22.8 Å². The van der Waals surface area contributed by atoms with Gasteiger partial charge in [-0.15, -0.1) is 5.10 Å². The molecule has 0 aliphatic carbocycles. The number of anilines is 1. The van der Waals surface area contributed by atoms with Crippen LogP contribution < -0.4 is 10.6 Å². The molecule has 172 valence electrons. The van der Waals surface area contributed by atoms with Crippen LogP contribution >= 0.6 is 23.2 Å². The normalized spacial score (nSPS) is 18.8. The van der Waals surface area contributed by atoms with E-state index < -0.39 is 17.8 Å². The minimum Gasteiger partial charge on any atom is -0.467 e. The Labute approximate surface area is 195 Å². The van der Waals surface area contributed by atoms with Crippen molar-refractivity contribution in [3.63, 3.8) is 0 Å². The highest BCUT2D eigenvalue weighted by atomic mass is 35.5. The number of hydrogen-bond acceptors (Lipinski definition) is 7. The molecule has 4 heterocycles. The van der Waals surface area contributed by atoms with E-state index in [-0.39, 0.29) is 11.3 Å². The number of ether oxygens (including phenoxy) is 2. The van der Waals surface area contributed by atoms with Crippen LogP contribution in [0.2, 0.25) is 10.4 Å². The number of aromatic nitrogens is 3. The Hall–Kier alpha value is -2.49. The Balaban J connectivity index is 1.66. The van der Waals surface area contributed by atoms with Crippen molar-refractivity contribution in [2.75, 3.05) is 11.9 Å². The molecular formula is C21H25Cl2N5O4. The van der Waals surface area contributed by atoms with Crippen molar-refractivity contribution < 1.29 is 18.7 Å². The van der Waals surface area contributed by atoms with Gasteiger partial charge in [-0.25, -0.2) is 9.31 Å². The van der Waals surface area contributed by atoms with Crippen molar-refractivity contribution >= 4 is 40.6 Å². The Morgan fingerprint density at radius 3 is 2.84 bits per heavy atom. The molecule has 3 aromatic rings. The molecule has 1 saturated heterocycles. The largest absolute Gasteiger partial charge is 0.467 e. The SMILES string of the molecule is Cc1c([C@H]2OCC[C@@H]2NC(=O)OC(C)(C)C)c(Cl)n2nc(Cl)nc(NCc3ccco3)c12. The van der Waals surface area contributed by atoms with Gasteiger partial charge in [0.05, 0.1) is 18.8 Å². The molecular weight excluding hydrogens is 457 g/mol. The molecule has 1 fully saturated rings. The molecule has 3 aromatic heterocycles. The molecule has 1 aliphatic heterocycles. The van der Waals surface area contributed by atoms with E-state index in [9.17, 15) is 4.79 Å². The quantitative estimate of drug-likeness (QED) is 0.533. The first-order chi connectivity index (χ1) is 15.1. The van der Waals surface area contributed by atoms with E-state index >= 15 is 0 Å². The van der Waals surface area contributed by atoms with Gasteiger partial charge in [-0.05, 0) is 63.4 Å². The highest BCUT2D eigenvalue weighted by Gasteiger charge is 2.37. The van der Waals surface area contributed by atoms with E-state index in [1.165, 1.54) is 4.52 Å². The van der Waals surface area contributed by atoms with Crippen molar-refractivity contribution in [2.24, 2.45) is 0 Å². The summed E-state index contributed by atoms with van der Waals surface area (Å²) in [5, 5.41) is 10.8. The lowest BCUT2D eigenvalue weighted by Gasteiger charge is -2.24. The van der Waals surface area contributed by atoms with Gasteiger partial charge in [-0.1, -0.05) is 11.6 Å². The molecule has 11 heteroatoms. The van der Waals surface area contributed by atoms with Gasteiger partial charge < -0.3 is 24.5 Å². The van der Waals surface area contributed by atoms with Gasteiger partial charge in [0.15, 0.2) is 5.82 Å². The van der Waals surface area contributed by atoms with Crippen LogP contribution in [0.1, 0.15) is 50.2 Å². The standard InChI is InChI=1S/C21H25Cl2N5O4/c1-11-14(16-13(7-9-31-16)25-20(29)32-21(2,3)4)17(22)28-15(11)18(26-19(23)27-28)24-10-12-6-5-8-30-12/h5-6,8,13,16H,7,9-10H2,1-4H3,(H,25,29)(H,24,26,27)/t13-,16-/m0/s1. The Morgan fingerprint density at radius 2 is 2.16 bits per heavy atom. The summed E-state index contributed by atoms with van der Waals surface area (Å²) >= 11 is 12.9. The lowest BCUT2D eigenvalue weighted by Crippen LogP contribution is -2.40. The number of fused-ring (bicyclic) bond motifs is 1. The second-order valence-corrected chi connectivity index (χ2v) is 9.28. The van der Waals surface area contributed by atoms with Gasteiger partial charge in [0.1, 0.15) is 28.1 Å². The fourth-order valence-corrected chi connectivity index (χ4v) is 4.33. The van der Waals surface area contributed by atoms with Gasteiger partial charge in [0.2, 0.25) is 5.28 Å². The summed E-state index contributed by atoms with van der Waals surface area (Å²) in [6, 6.07) is 3.36. The Morgan fingerprint density at radius 1 is 1.38 bits per heavy atom. The van der Waals surface area contributed by atoms with E-state index in [1.54, 1.807) is 6.26 Å². The third kappa shape index (κ3) is 4.65. The molecule has 1 aliphatic rings. The van der Waals surface area contributed by atoms with Crippen LogP contribution in [-0.2, 0) is 16.0 Å². The number of amides is 1. The van der Waals surface area contributed by atoms with E-state index in [0.717, 1.165) is 16.9 Å². The molecule has 4 rings (SSSR count). The molecule has 9 nitrogen and oxygen atoms in total. The van der Waals surface area contributed by atoms with Crippen molar-refractivity contribution in [1.29, 1.82) is 0 Å². The first kappa shape index (κ1) is 22.7. The zero-order chi connectivity index (χ0) is 23.0. The van der Waals surface area contributed by atoms with Gasteiger partial charge in [-0.3, -0.25) is 0 Å². The van der Waals surface area contributed by atoms with Crippen LogP contribution in [0.4, 0.5) is 10.6 Å². The number of nitrogens with one attached hydrogen (secondary N) is 2. The van der Waals surface area contributed by atoms with E-state index in [2.05, 4.69) is 20.7 Å². The predicted octanol–water partition coefficient (Wildman–Crippen LogP) is 4.90. The zero-order valence-corrected chi connectivity index (χ0v) is 19.8. The molecule has 2 atom stereocenters. The molecule has 1 amide bonds. The number of alkyl carbamates (subject to hydrolysis) is 1. The second kappa shape index (κ2) is 8.80. The minimum atomic E-state index is -0.599. The van der Waals surface area contributed by atoms with Crippen LogP contribution in [-0.4, -0.2) is 38.9 Å². The summed E-state index contributed by atoms with van der Waals surface area (Å²) < 4.78 is 18.3. The molecule has 0 bridgehead atoms. The van der Waals surface area contributed by atoms with Crippen LogP contribution in [0.25, 0.3) is 5.52 Å². The third-order valence-corrected chi connectivity index (χ3v) is 5.60. The van der Waals surface area contributed by atoms with Gasteiger partial charge >= 0.3 is 6.09 Å². The van der Waals surface area contributed by atoms with Crippen LogP contribution in [0.3, 0.4) is 0 Å². The summed E-state index contributed by atoms with van der Waals surface area (Å²) in [7, 11) is 0. The third-order valence-electron chi connectivity index (χ3n) is 5.08. The number of carbonyl (C=O) groups is 1. The van der Waals surface area contributed by atoms with E-state index in [4.69, 9.17) is 37.1 Å². The van der Waals surface area contributed by atoms with Crippen LogP contribution in [0.5, 0.6) is 0 Å². The van der Waals surface area contributed by atoms with E-state index in [1.807, 2.05) is 39.8 Å². The molecule has 0 radical (unpaired) electrons. The number of furan rings is 1. The van der Waals surface area contributed by atoms with Gasteiger partial charge in [-0.2, -0.15) is 4.98 Å². The van der Waals surface area contributed by atoms with Crippen LogP contribution in [0, 0.1) is 6.92 Å². The Kier molecular flexibility index (Phi) is 6.24. The van der Waals surface area contributed by atoms with Gasteiger partial charge in [0.25, 0.3) is 0 Å². The van der Waals surface area contributed by atoms with Crippen molar-refractivity contribution in [3.8, 4) is 0 Å². The molecule has 0 unspecified atom stereocenters. The summed E-state index contributed by atoms with van der Waals surface area (Å²) in [4.78, 5) is 16.7. The molecule has 2 N–H and O–H groups in total. The average molecular weight is 482 g/mol. The summed E-state index contributed by atoms with van der Waals surface area (Å²) in [5.74, 6) is 1.26. The fraction of sp³-hybridized carbons (Fsp3) is 0.476. The average Bonchev–Trinajstić information content (AvgIpc) is 3.40. The van der Waals surface area contributed by atoms with Crippen molar-refractivity contribution in [2.45, 2.75) is 58.4 Å². The molecule has 0 aromatic carbocycles. The van der Waals surface area contributed by atoms with Crippen molar-refractivity contribution in [3.05, 3.63) is 45.7 Å². The predicted molar refractivity (Wildman–Crippen MR) is 120 cm³/mol.